The van der Waals surface area contributed by atoms with Crippen molar-refractivity contribution in [2.45, 2.75) is 11.4 Å². The normalized spacial score (nSPS) is 23.5. The molecule has 90 valence electrons. The molecule has 6 heteroatoms. The lowest BCUT2D eigenvalue weighted by Crippen LogP contribution is -2.33. The van der Waals surface area contributed by atoms with Gasteiger partial charge < -0.3 is 10.2 Å². The van der Waals surface area contributed by atoms with Crippen LogP contribution in [-0.2, 0) is 4.79 Å². The Bertz CT molecular complexity index is 445. The summed E-state index contributed by atoms with van der Waals surface area (Å²) < 4.78 is 0. The SMILES string of the molecule is O=C(O)c1ccc([C@@H]2N[C@H](C(=O)O)CS2)cc1. The monoisotopic (exact) mass is 253 g/mol. The van der Waals surface area contributed by atoms with Crippen LogP contribution in [0.1, 0.15) is 21.3 Å². The molecule has 1 heterocycles. The number of carboxylic acids is 2. The maximum atomic E-state index is 10.8. The Hall–Kier alpha value is -1.53. The van der Waals surface area contributed by atoms with Crippen LogP contribution in [0.15, 0.2) is 24.3 Å². The molecule has 3 N–H and O–H groups in total. The highest BCUT2D eigenvalue weighted by atomic mass is 32.2. The molecule has 0 saturated carbocycles. The van der Waals surface area contributed by atoms with Crippen LogP contribution in [0.5, 0.6) is 0 Å². The van der Waals surface area contributed by atoms with Crippen molar-refractivity contribution in [3.8, 4) is 0 Å². The van der Waals surface area contributed by atoms with E-state index >= 15 is 0 Å². The first kappa shape index (κ1) is 11.9. The maximum Gasteiger partial charge on any atom is 0.335 e. The van der Waals surface area contributed by atoms with Crippen LogP contribution < -0.4 is 5.32 Å². The van der Waals surface area contributed by atoms with E-state index in [1.165, 1.54) is 23.9 Å². The van der Waals surface area contributed by atoms with Crippen LogP contribution in [0.4, 0.5) is 0 Å². The average Bonchev–Trinajstić information content (AvgIpc) is 2.78. The van der Waals surface area contributed by atoms with E-state index in [4.69, 9.17) is 10.2 Å². The first-order valence-corrected chi connectivity index (χ1v) is 6.06. The van der Waals surface area contributed by atoms with E-state index in [1.807, 2.05) is 0 Å². The number of hydrogen-bond acceptors (Lipinski definition) is 4. The van der Waals surface area contributed by atoms with Crippen molar-refractivity contribution in [2.24, 2.45) is 0 Å². The minimum atomic E-state index is -0.966. The van der Waals surface area contributed by atoms with Crippen molar-refractivity contribution >= 4 is 23.7 Å². The number of carboxylic acid groups (broad SMARTS) is 2. The van der Waals surface area contributed by atoms with Gasteiger partial charge in [-0.2, -0.15) is 0 Å². The highest BCUT2D eigenvalue weighted by Crippen LogP contribution is 2.32. The quantitative estimate of drug-likeness (QED) is 0.749. The Morgan fingerprint density at radius 3 is 2.35 bits per heavy atom. The summed E-state index contributed by atoms with van der Waals surface area (Å²) in [5.41, 5.74) is 1.12. The summed E-state index contributed by atoms with van der Waals surface area (Å²) in [6.07, 6.45) is 0. The van der Waals surface area contributed by atoms with Crippen LogP contribution in [0.25, 0.3) is 0 Å². The lowest BCUT2D eigenvalue weighted by molar-refractivity contribution is -0.138. The molecule has 2 atom stereocenters. The van der Waals surface area contributed by atoms with Gasteiger partial charge in [-0.1, -0.05) is 12.1 Å². The molecule has 0 amide bonds. The van der Waals surface area contributed by atoms with E-state index in [0.717, 1.165) is 5.56 Å². The second-order valence-corrected chi connectivity index (χ2v) is 4.84. The topological polar surface area (TPSA) is 86.6 Å². The van der Waals surface area contributed by atoms with E-state index in [0.29, 0.717) is 5.75 Å². The van der Waals surface area contributed by atoms with Gasteiger partial charge in [0, 0.05) is 5.75 Å². The number of aromatic carboxylic acids is 1. The number of aliphatic carboxylic acids is 1. The molecule has 1 aromatic carbocycles. The van der Waals surface area contributed by atoms with E-state index in [1.54, 1.807) is 12.1 Å². The van der Waals surface area contributed by atoms with Crippen LogP contribution in [0.2, 0.25) is 0 Å². The largest absolute Gasteiger partial charge is 0.480 e. The fourth-order valence-corrected chi connectivity index (χ4v) is 2.84. The zero-order valence-corrected chi connectivity index (χ0v) is 9.61. The van der Waals surface area contributed by atoms with Gasteiger partial charge in [-0.25, -0.2) is 4.79 Å². The van der Waals surface area contributed by atoms with Gasteiger partial charge in [0.15, 0.2) is 0 Å². The molecule has 0 aliphatic carbocycles. The molecule has 1 aliphatic rings. The van der Waals surface area contributed by atoms with Crippen molar-refractivity contribution in [2.75, 3.05) is 5.75 Å². The molecule has 1 aromatic rings. The summed E-state index contributed by atoms with van der Waals surface area (Å²) in [5.74, 6) is -1.31. The molecule has 0 radical (unpaired) electrons. The molecular weight excluding hydrogens is 242 g/mol. The molecule has 2 rings (SSSR count). The molecule has 1 fully saturated rings. The third kappa shape index (κ3) is 2.59. The Kier molecular flexibility index (Phi) is 3.35. The standard InChI is InChI=1S/C11H11NO4S/c13-10(14)7-3-1-6(2-4-7)9-12-8(5-17-9)11(15)16/h1-4,8-9,12H,5H2,(H,13,14)(H,15,16)/t8-,9+/m0/s1. The molecule has 0 bridgehead atoms. The van der Waals surface area contributed by atoms with Gasteiger partial charge in [-0.05, 0) is 17.7 Å². The summed E-state index contributed by atoms with van der Waals surface area (Å²) in [6, 6.07) is 5.92. The fraction of sp³-hybridized carbons (Fsp3) is 0.273. The summed E-state index contributed by atoms with van der Waals surface area (Å²) >= 11 is 1.51. The molecular formula is C11H11NO4S. The Morgan fingerprint density at radius 1 is 1.24 bits per heavy atom. The Labute approximate surface area is 102 Å². The number of carbonyl (C=O) groups is 2. The van der Waals surface area contributed by atoms with Gasteiger partial charge in [0.2, 0.25) is 0 Å². The van der Waals surface area contributed by atoms with Crippen LogP contribution >= 0.6 is 11.8 Å². The van der Waals surface area contributed by atoms with E-state index in [9.17, 15) is 9.59 Å². The first-order valence-electron chi connectivity index (χ1n) is 5.01. The van der Waals surface area contributed by atoms with Crippen molar-refractivity contribution in [1.82, 2.24) is 5.32 Å². The van der Waals surface area contributed by atoms with Gasteiger partial charge in [-0.3, -0.25) is 10.1 Å². The first-order chi connectivity index (χ1) is 8.08. The second-order valence-electron chi connectivity index (χ2n) is 3.70. The van der Waals surface area contributed by atoms with Crippen molar-refractivity contribution in [3.63, 3.8) is 0 Å². The van der Waals surface area contributed by atoms with Gasteiger partial charge in [0.05, 0.1) is 10.9 Å². The predicted octanol–water partition coefficient (Wildman–Crippen LogP) is 1.17. The zero-order chi connectivity index (χ0) is 12.4. The molecule has 1 aliphatic heterocycles. The van der Waals surface area contributed by atoms with Gasteiger partial charge in [-0.15, -0.1) is 11.8 Å². The lowest BCUT2D eigenvalue weighted by atomic mass is 10.1. The highest BCUT2D eigenvalue weighted by molar-refractivity contribution is 7.99. The zero-order valence-electron chi connectivity index (χ0n) is 8.79. The molecule has 0 spiro atoms. The fourth-order valence-electron chi connectivity index (χ4n) is 1.61. The maximum absolute atomic E-state index is 10.8. The number of benzene rings is 1. The van der Waals surface area contributed by atoms with Crippen LogP contribution in [0, 0.1) is 0 Å². The average molecular weight is 253 g/mol. The molecule has 17 heavy (non-hydrogen) atoms. The van der Waals surface area contributed by atoms with Crippen molar-refractivity contribution in [1.29, 1.82) is 0 Å². The summed E-state index contributed by atoms with van der Waals surface area (Å²) in [5, 5.41) is 20.5. The van der Waals surface area contributed by atoms with Crippen LogP contribution in [-0.4, -0.2) is 33.9 Å². The summed E-state index contributed by atoms with van der Waals surface area (Å²) in [6.45, 7) is 0. The molecule has 0 unspecified atom stereocenters. The third-order valence-corrected chi connectivity index (χ3v) is 3.81. The number of rotatable bonds is 3. The molecule has 5 nitrogen and oxygen atoms in total. The van der Waals surface area contributed by atoms with E-state index in [2.05, 4.69) is 5.32 Å². The minimum Gasteiger partial charge on any atom is -0.480 e. The summed E-state index contributed by atoms with van der Waals surface area (Å²) in [7, 11) is 0. The Balaban J connectivity index is 2.09. The predicted molar refractivity (Wildman–Crippen MR) is 63.2 cm³/mol. The second kappa shape index (κ2) is 4.77. The number of thioether (sulfide) groups is 1. The number of nitrogens with one attached hydrogen (secondary N) is 1. The van der Waals surface area contributed by atoms with E-state index < -0.39 is 18.0 Å². The lowest BCUT2D eigenvalue weighted by Gasteiger charge is -2.11. The highest BCUT2D eigenvalue weighted by Gasteiger charge is 2.30. The summed E-state index contributed by atoms with van der Waals surface area (Å²) in [4.78, 5) is 21.4. The number of hydrogen-bond donors (Lipinski definition) is 3. The third-order valence-electron chi connectivity index (χ3n) is 2.54. The molecule has 1 saturated heterocycles. The Morgan fingerprint density at radius 2 is 1.88 bits per heavy atom. The minimum absolute atomic E-state index is 0.0843. The van der Waals surface area contributed by atoms with Gasteiger partial charge in [0.25, 0.3) is 0 Å². The van der Waals surface area contributed by atoms with Gasteiger partial charge in [0.1, 0.15) is 6.04 Å². The molecule has 0 aromatic heterocycles. The van der Waals surface area contributed by atoms with Gasteiger partial charge >= 0.3 is 11.9 Å². The van der Waals surface area contributed by atoms with Crippen molar-refractivity contribution in [3.05, 3.63) is 35.4 Å². The van der Waals surface area contributed by atoms with Crippen molar-refractivity contribution < 1.29 is 19.8 Å². The van der Waals surface area contributed by atoms with E-state index in [-0.39, 0.29) is 10.9 Å². The smallest absolute Gasteiger partial charge is 0.335 e. The van der Waals surface area contributed by atoms with Crippen LogP contribution in [0.3, 0.4) is 0 Å².